The van der Waals surface area contributed by atoms with E-state index >= 15 is 0 Å². The van der Waals surface area contributed by atoms with E-state index in [1.165, 1.54) is 16.3 Å². The van der Waals surface area contributed by atoms with Crippen LogP contribution in [-0.4, -0.2) is 12.0 Å². The smallest absolute Gasteiger partial charge is 0.203 e. The van der Waals surface area contributed by atoms with E-state index in [0.29, 0.717) is 4.48 Å². The van der Waals surface area contributed by atoms with Gasteiger partial charge in [-0.3, -0.25) is 5.73 Å². The van der Waals surface area contributed by atoms with Crippen LogP contribution in [0.1, 0.15) is 5.56 Å². The number of thioether (sulfide) groups is 1. The van der Waals surface area contributed by atoms with Crippen molar-refractivity contribution in [2.24, 2.45) is 5.73 Å². The van der Waals surface area contributed by atoms with Crippen molar-refractivity contribution in [3.05, 3.63) is 73.3 Å². The molecule has 2 atom stereocenters. The predicted octanol–water partition coefficient (Wildman–Crippen LogP) is 1.51. The van der Waals surface area contributed by atoms with E-state index in [-0.39, 0.29) is 22.5 Å². The van der Waals surface area contributed by atoms with Gasteiger partial charge in [-0.15, -0.1) is 0 Å². The normalized spacial score (nSPS) is 22.5. The molecule has 0 aliphatic carbocycles. The fraction of sp³-hybridized carbons (Fsp3) is 0.111. The maximum Gasteiger partial charge on any atom is 0.203 e. The van der Waals surface area contributed by atoms with Crippen molar-refractivity contribution in [2.75, 3.05) is 6.54 Å². The lowest BCUT2D eigenvalue weighted by Crippen LogP contribution is -3.00. The molecule has 3 rings (SSSR count). The molecule has 0 saturated carbocycles. The van der Waals surface area contributed by atoms with Crippen molar-refractivity contribution in [1.82, 2.24) is 4.48 Å². The van der Waals surface area contributed by atoms with Crippen molar-refractivity contribution in [3.8, 4) is 0 Å². The van der Waals surface area contributed by atoms with E-state index in [4.69, 9.17) is 5.73 Å². The highest BCUT2D eigenvalue weighted by Gasteiger charge is 2.48. The van der Waals surface area contributed by atoms with Crippen molar-refractivity contribution >= 4 is 29.2 Å². The molecule has 2 aromatic carbocycles. The molecular formula is C18H19BrN2S. The Balaban J connectivity index is 0.00000176. The molecule has 0 fully saturated rings. The molecule has 1 aliphatic heterocycles. The molecule has 2 nitrogen and oxygen atoms in total. The highest BCUT2D eigenvalue weighted by molar-refractivity contribution is 8.00. The SMILES string of the molecule is C=CC[N+]1(c2ccccc2)c2c(C=C)cccc2SC1N.[Br-]. The van der Waals surface area contributed by atoms with Crippen molar-refractivity contribution in [2.45, 2.75) is 10.4 Å². The van der Waals surface area contributed by atoms with Crippen LogP contribution in [0.2, 0.25) is 0 Å². The van der Waals surface area contributed by atoms with Gasteiger partial charge in [0.1, 0.15) is 12.2 Å². The average Bonchev–Trinajstić information content (AvgIpc) is 2.81. The van der Waals surface area contributed by atoms with Crippen LogP contribution >= 0.6 is 11.8 Å². The van der Waals surface area contributed by atoms with E-state index in [1.807, 2.05) is 18.2 Å². The molecule has 22 heavy (non-hydrogen) atoms. The second kappa shape index (κ2) is 6.84. The van der Waals surface area contributed by atoms with Gasteiger partial charge in [-0.1, -0.05) is 43.5 Å². The summed E-state index contributed by atoms with van der Waals surface area (Å²) in [6, 6.07) is 16.7. The Morgan fingerprint density at radius 2 is 1.82 bits per heavy atom. The minimum Gasteiger partial charge on any atom is -1.00 e. The lowest BCUT2D eigenvalue weighted by molar-refractivity contribution is -0.00000411. The molecule has 1 heterocycles. The molecule has 0 aromatic heterocycles. The number of hydrogen-bond acceptors (Lipinski definition) is 2. The Hall–Kier alpha value is -1.33. The summed E-state index contributed by atoms with van der Waals surface area (Å²) in [7, 11) is 0. The number of hydrogen-bond donors (Lipinski definition) is 1. The minimum absolute atomic E-state index is 0. The highest BCUT2D eigenvalue weighted by atomic mass is 79.9. The lowest BCUT2D eigenvalue weighted by atomic mass is 10.1. The minimum atomic E-state index is -0.0819. The van der Waals surface area contributed by atoms with E-state index in [9.17, 15) is 0 Å². The first kappa shape index (κ1) is 17.0. The first-order valence-corrected chi connectivity index (χ1v) is 7.84. The van der Waals surface area contributed by atoms with Crippen LogP contribution in [0.5, 0.6) is 0 Å². The second-order valence-electron chi connectivity index (χ2n) is 5.08. The Morgan fingerprint density at radius 1 is 1.09 bits per heavy atom. The number of rotatable bonds is 4. The van der Waals surface area contributed by atoms with Crippen LogP contribution in [-0.2, 0) is 0 Å². The van der Waals surface area contributed by atoms with Crippen LogP contribution in [0.15, 0.2) is 72.7 Å². The van der Waals surface area contributed by atoms with Crippen LogP contribution < -0.4 is 27.2 Å². The van der Waals surface area contributed by atoms with Crippen molar-refractivity contribution < 1.29 is 17.0 Å². The number of para-hydroxylation sites is 2. The summed E-state index contributed by atoms with van der Waals surface area (Å²) in [6.07, 6.45) is 3.86. The van der Waals surface area contributed by atoms with Gasteiger partial charge in [0.2, 0.25) is 5.50 Å². The highest BCUT2D eigenvalue weighted by Crippen LogP contribution is 2.53. The van der Waals surface area contributed by atoms with Crippen LogP contribution in [0.25, 0.3) is 6.08 Å². The van der Waals surface area contributed by atoms with Gasteiger partial charge in [-0.05, 0) is 42.1 Å². The summed E-state index contributed by atoms with van der Waals surface area (Å²) in [5.74, 6) is 0. The monoisotopic (exact) mass is 374 g/mol. The Bertz CT molecular complexity index is 687. The largest absolute Gasteiger partial charge is 1.00 e. The number of halogens is 1. The zero-order chi connectivity index (χ0) is 14.9. The number of nitrogens with two attached hydrogens (primary N) is 1. The molecule has 0 amide bonds. The standard InChI is InChI=1S/C18H19N2S.BrH/c1-3-13-20(15-10-6-5-7-11-15)17-14(4-2)9-8-12-16(17)21-18(20)19;/h3-12,18H,1-2,13,19H2;1H/q+1;/p-1. The van der Waals surface area contributed by atoms with Crippen LogP contribution in [0.4, 0.5) is 11.4 Å². The Labute approximate surface area is 146 Å². The van der Waals surface area contributed by atoms with Gasteiger partial charge >= 0.3 is 0 Å². The van der Waals surface area contributed by atoms with Gasteiger partial charge in [-0.2, -0.15) is 0 Å². The van der Waals surface area contributed by atoms with Gasteiger partial charge < -0.3 is 17.0 Å². The second-order valence-corrected chi connectivity index (χ2v) is 6.24. The maximum atomic E-state index is 6.56. The summed E-state index contributed by atoms with van der Waals surface area (Å²) in [4.78, 5) is 1.23. The first-order valence-electron chi connectivity index (χ1n) is 6.96. The molecule has 2 aromatic rings. The molecule has 0 bridgehead atoms. The van der Waals surface area contributed by atoms with E-state index in [2.05, 4.69) is 55.6 Å². The van der Waals surface area contributed by atoms with Gasteiger partial charge in [0.05, 0.1) is 4.90 Å². The van der Waals surface area contributed by atoms with Gasteiger partial charge in [0.25, 0.3) is 0 Å². The van der Waals surface area contributed by atoms with Gasteiger partial charge in [0, 0.05) is 5.56 Å². The number of nitrogens with zero attached hydrogens (tertiary/aromatic N) is 1. The van der Waals surface area contributed by atoms with E-state index in [0.717, 1.165) is 12.1 Å². The third kappa shape index (κ3) is 2.46. The molecular weight excluding hydrogens is 356 g/mol. The number of fused-ring (bicyclic) bond motifs is 1. The molecule has 0 saturated heterocycles. The third-order valence-corrected chi connectivity index (χ3v) is 5.15. The van der Waals surface area contributed by atoms with Crippen molar-refractivity contribution in [3.63, 3.8) is 0 Å². The summed E-state index contributed by atoms with van der Waals surface area (Å²) >= 11 is 1.72. The summed E-state index contributed by atoms with van der Waals surface area (Å²) in [5.41, 5.74) is 10.0. The Kier molecular flexibility index (Phi) is 5.29. The third-order valence-electron chi connectivity index (χ3n) is 3.97. The molecule has 4 heteroatoms. The predicted molar refractivity (Wildman–Crippen MR) is 93.3 cm³/mol. The zero-order valence-corrected chi connectivity index (χ0v) is 14.7. The van der Waals surface area contributed by atoms with E-state index < -0.39 is 0 Å². The van der Waals surface area contributed by atoms with E-state index in [1.54, 1.807) is 11.8 Å². The van der Waals surface area contributed by atoms with Gasteiger partial charge in [-0.25, -0.2) is 4.48 Å². The molecule has 2 unspecified atom stereocenters. The summed E-state index contributed by atoms with van der Waals surface area (Å²) in [5, 5.41) is 0. The molecule has 1 aliphatic rings. The quantitative estimate of drug-likeness (QED) is 0.648. The molecule has 2 N–H and O–H groups in total. The maximum absolute atomic E-state index is 6.56. The van der Waals surface area contributed by atoms with Gasteiger partial charge in [0.15, 0.2) is 5.69 Å². The fourth-order valence-electron chi connectivity index (χ4n) is 3.05. The number of quaternary nitrogens is 1. The van der Waals surface area contributed by atoms with Crippen LogP contribution in [0.3, 0.4) is 0 Å². The zero-order valence-electron chi connectivity index (χ0n) is 12.3. The van der Waals surface area contributed by atoms with Crippen LogP contribution in [0, 0.1) is 0 Å². The average molecular weight is 375 g/mol. The molecule has 0 radical (unpaired) electrons. The molecule has 114 valence electrons. The fourth-order valence-corrected chi connectivity index (χ4v) is 4.35. The summed E-state index contributed by atoms with van der Waals surface area (Å²) in [6.45, 7) is 8.68. The number of benzene rings is 2. The lowest BCUT2D eigenvalue weighted by Gasteiger charge is -2.37. The van der Waals surface area contributed by atoms with Crippen molar-refractivity contribution in [1.29, 1.82) is 0 Å². The topological polar surface area (TPSA) is 26.0 Å². The molecule has 0 spiro atoms. The summed E-state index contributed by atoms with van der Waals surface area (Å²) < 4.78 is 0.590. The first-order chi connectivity index (χ1) is 10.2. The Morgan fingerprint density at radius 3 is 2.45 bits per heavy atom.